The van der Waals surface area contributed by atoms with Gasteiger partial charge in [0.1, 0.15) is 5.60 Å². The second-order valence-electron chi connectivity index (χ2n) is 8.07. The first-order valence-electron chi connectivity index (χ1n) is 8.99. The average Bonchev–Trinajstić information content (AvgIpc) is 2.92. The van der Waals surface area contributed by atoms with E-state index in [9.17, 15) is 9.59 Å². The van der Waals surface area contributed by atoms with Gasteiger partial charge in [-0.3, -0.25) is 9.69 Å². The Bertz CT molecular complexity index is 602. The van der Waals surface area contributed by atoms with Crippen molar-refractivity contribution in [3.05, 3.63) is 35.4 Å². The van der Waals surface area contributed by atoms with E-state index in [1.165, 1.54) is 5.56 Å². The number of hydrogen-bond acceptors (Lipinski definition) is 4. The summed E-state index contributed by atoms with van der Waals surface area (Å²) in [6.45, 7) is 11.7. The van der Waals surface area contributed by atoms with Crippen molar-refractivity contribution in [3.63, 3.8) is 0 Å². The van der Waals surface area contributed by atoms with Gasteiger partial charge >= 0.3 is 6.09 Å². The minimum atomic E-state index is -0.500. The van der Waals surface area contributed by atoms with Gasteiger partial charge in [-0.1, -0.05) is 38.1 Å². The van der Waals surface area contributed by atoms with Crippen molar-refractivity contribution < 1.29 is 14.3 Å². The quantitative estimate of drug-likeness (QED) is 0.828. The second-order valence-corrected chi connectivity index (χ2v) is 8.07. The normalized spacial score (nSPS) is 18.4. The third-order valence-electron chi connectivity index (χ3n) is 4.26. The van der Waals surface area contributed by atoms with Gasteiger partial charge in [-0.2, -0.15) is 0 Å². The molecule has 5 heteroatoms. The molecule has 1 atom stereocenters. The maximum Gasteiger partial charge on any atom is 0.407 e. The first-order valence-corrected chi connectivity index (χ1v) is 8.99. The molecule has 0 saturated carbocycles. The van der Waals surface area contributed by atoms with Crippen LogP contribution in [0, 0.1) is 0 Å². The van der Waals surface area contributed by atoms with Gasteiger partial charge in [0, 0.05) is 24.7 Å². The molecule has 1 aromatic carbocycles. The summed E-state index contributed by atoms with van der Waals surface area (Å²) in [5, 5.41) is 2.88. The summed E-state index contributed by atoms with van der Waals surface area (Å²) in [7, 11) is 0. The largest absolute Gasteiger partial charge is 0.444 e. The van der Waals surface area contributed by atoms with Gasteiger partial charge in [0.25, 0.3) is 0 Å². The lowest BCUT2D eigenvalue weighted by Gasteiger charge is -2.22. The molecule has 138 valence electrons. The standard InChI is InChI=1S/C20H30N2O3/c1-14(2)15-6-8-16(9-7-15)18(23)13-22-11-10-17(12-22)21-19(24)25-20(3,4)5/h6-9,14,17H,10-13H2,1-5H3,(H,21,24). The van der Waals surface area contributed by atoms with Crippen molar-refractivity contribution in [2.24, 2.45) is 0 Å². The van der Waals surface area contributed by atoms with Crippen LogP contribution in [0.25, 0.3) is 0 Å². The van der Waals surface area contributed by atoms with Crippen molar-refractivity contribution in [3.8, 4) is 0 Å². The molecule has 0 aliphatic carbocycles. The lowest BCUT2D eigenvalue weighted by molar-refractivity contribution is 0.0506. The summed E-state index contributed by atoms with van der Waals surface area (Å²) in [6, 6.07) is 7.89. The molecule has 0 bridgehead atoms. The van der Waals surface area contributed by atoms with E-state index in [4.69, 9.17) is 4.74 Å². The Morgan fingerprint density at radius 1 is 1.24 bits per heavy atom. The summed E-state index contributed by atoms with van der Waals surface area (Å²) in [5.41, 5.74) is 1.48. The number of alkyl carbamates (subject to hydrolysis) is 1. The van der Waals surface area contributed by atoms with E-state index in [1.807, 2.05) is 45.0 Å². The summed E-state index contributed by atoms with van der Waals surface area (Å²) < 4.78 is 5.28. The molecule has 1 fully saturated rings. The second kappa shape index (κ2) is 8.00. The number of nitrogens with zero attached hydrogens (tertiary/aromatic N) is 1. The Kier molecular flexibility index (Phi) is 6.22. The lowest BCUT2D eigenvalue weighted by Crippen LogP contribution is -2.41. The van der Waals surface area contributed by atoms with E-state index in [0.29, 0.717) is 19.0 Å². The predicted molar refractivity (Wildman–Crippen MR) is 99.1 cm³/mol. The van der Waals surface area contributed by atoms with Crippen molar-refractivity contribution in [2.45, 2.75) is 58.6 Å². The fraction of sp³-hybridized carbons (Fsp3) is 0.600. The SMILES string of the molecule is CC(C)c1ccc(C(=O)CN2CCC(NC(=O)OC(C)(C)C)C2)cc1. The summed E-state index contributed by atoms with van der Waals surface area (Å²) in [6.07, 6.45) is 0.439. The molecule has 1 N–H and O–H groups in total. The van der Waals surface area contributed by atoms with Crippen molar-refractivity contribution in [1.29, 1.82) is 0 Å². The third-order valence-corrected chi connectivity index (χ3v) is 4.26. The predicted octanol–water partition coefficient (Wildman–Crippen LogP) is 3.59. The average molecular weight is 346 g/mol. The van der Waals surface area contributed by atoms with Crippen LogP contribution in [0.3, 0.4) is 0 Å². The molecular formula is C20H30N2O3. The number of hydrogen-bond donors (Lipinski definition) is 1. The highest BCUT2D eigenvalue weighted by Crippen LogP contribution is 2.16. The summed E-state index contributed by atoms with van der Waals surface area (Å²) in [4.78, 5) is 26.4. The van der Waals surface area contributed by atoms with Crippen LogP contribution >= 0.6 is 0 Å². The molecule has 1 heterocycles. The molecule has 1 aliphatic heterocycles. The summed E-state index contributed by atoms with van der Waals surface area (Å²) in [5.74, 6) is 0.579. The van der Waals surface area contributed by atoms with Gasteiger partial charge in [-0.15, -0.1) is 0 Å². The first-order chi connectivity index (χ1) is 11.6. The number of carbonyl (C=O) groups is 2. The summed E-state index contributed by atoms with van der Waals surface area (Å²) >= 11 is 0. The number of benzene rings is 1. The highest BCUT2D eigenvalue weighted by Gasteiger charge is 2.27. The molecule has 5 nitrogen and oxygen atoms in total. The van der Waals surface area contributed by atoms with Crippen LogP contribution in [0.15, 0.2) is 24.3 Å². The Morgan fingerprint density at radius 3 is 2.44 bits per heavy atom. The van der Waals surface area contributed by atoms with Gasteiger partial charge < -0.3 is 10.1 Å². The van der Waals surface area contributed by atoms with Gasteiger partial charge in [0.15, 0.2) is 5.78 Å². The zero-order valence-electron chi connectivity index (χ0n) is 16.0. The third kappa shape index (κ3) is 6.16. The Hall–Kier alpha value is -1.88. The van der Waals surface area contributed by atoms with E-state index in [-0.39, 0.29) is 11.8 Å². The number of carbonyl (C=O) groups excluding carboxylic acids is 2. The van der Waals surface area contributed by atoms with Gasteiger partial charge in [-0.25, -0.2) is 4.79 Å². The van der Waals surface area contributed by atoms with Crippen molar-refractivity contribution >= 4 is 11.9 Å². The van der Waals surface area contributed by atoms with Gasteiger partial charge in [-0.05, 0) is 38.7 Å². The van der Waals surface area contributed by atoms with Crippen LogP contribution < -0.4 is 5.32 Å². The highest BCUT2D eigenvalue weighted by atomic mass is 16.6. The molecule has 0 radical (unpaired) electrons. The van der Waals surface area contributed by atoms with Crippen LogP contribution in [0.5, 0.6) is 0 Å². The zero-order chi connectivity index (χ0) is 18.6. The minimum absolute atomic E-state index is 0.0333. The number of likely N-dealkylation sites (tertiary alicyclic amines) is 1. The smallest absolute Gasteiger partial charge is 0.407 e. The number of Topliss-reactive ketones (excluding diaryl/α,β-unsaturated/α-hetero) is 1. The van der Waals surface area contributed by atoms with Crippen LogP contribution in [0.2, 0.25) is 0 Å². The van der Waals surface area contributed by atoms with Crippen LogP contribution in [-0.4, -0.2) is 48.1 Å². The Morgan fingerprint density at radius 2 is 1.88 bits per heavy atom. The Labute approximate surface area is 150 Å². The fourth-order valence-corrected chi connectivity index (χ4v) is 2.92. The van der Waals surface area contributed by atoms with Crippen LogP contribution in [-0.2, 0) is 4.74 Å². The molecule has 1 amide bonds. The lowest BCUT2D eigenvalue weighted by atomic mass is 10.0. The van der Waals surface area contributed by atoms with Gasteiger partial charge in [0.05, 0.1) is 6.54 Å². The molecule has 1 saturated heterocycles. The first kappa shape index (κ1) is 19.4. The Balaban J connectivity index is 1.82. The number of ketones is 1. The topological polar surface area (TPSA) is 58.6 Å². The number of ether oxygens (including phenoxy) is 1. The van der Waals surface area contributed by atoms with Crippen molar-refractivity contribution in [1.82, 2.24) is 10.2 Å². The van der Waals surface area contributed by atoms with E-state index in [1.54, 1.807) is 0 Å². The minimum Gasteiger partial charge on any atom is -0.444 e. The van der Waals surface area contributed by atoms with E-state index < -0.39 is 11.7 Å². The van der Waals surface area contributed by atoms with E-state index in [0.717, 1.165) is 18.5 Å². The van der Waals surface area contributed by atoms with Gasteiger partial charge in [0.2, 0.25) is 0 Å². The number of amides is 1. The number of nitrogens with one attached hydrogen (secondary N) is 1. The van der Waals surface area contributed by atoms with E-state index >= 15 is 0 Å². The van der Waals surface area contributed by atoms with E-state index in [2.05, 4.69) is 24.1 Å². The molecule has 25 heavy (non-hydrogen) atoms. The maximum atomic E-state index is 12.4. The fourth-order valence-electron chi connectivity index (χ4n) is 2.92. The molecule has 1 unspecified atom stereocenters. The molecule has 1 aromatic rings. The highest BCUT2D eigenvalue weighted by molar-refractivity contribution is 5.97. The molecular weight excluding hydrogens is 316 g/mol. The zero-order valence-corrected chi connectivity index (χ0v) is 16.0. The molecule has 1 aliphatic rings. The molecule has 2 rings (SSSR count). The van der Waals surface area contributed by atoms with Crippen LogP contribution in [0.1, 0.15) is 62.9 Å². The number of rotatable bonds is 5. The molecule has 0 aromatic heterocycles. The van der Waals surface area contributed by atoms with Crippen molar-refractivity contribution in [2.75, 3.05) is 19.6 Å². The molecule has 0 spiro atoms. The monoisotopic (exact) mass is 346 g/mol. The van der Waals surface area contributed by atoms with Crippen LogP contribution in [0.4, 0.5) is 4.79 Å². The maximum absolute atomic E-state index is 12.4.